The third-order valence-corrected chi connectivity index (χ3v) is 7.04. The zero-order valence-corrected chi connectivity index (χ0v) is 19.8. The van der Waals surface area contributed by atoms with Crippen molar-refractivity contribution in [1.82, 2.24) is 25.1 Å². The van der Waals surface area contributed by atoms with Gasteiger partial charge in [0, 0.05) is 61.7 Å². The highest BCUT2D eigenvalue weighted by Crippen LogP contribution is 2.29. The van der Waals surface area contributed by atoms with Crippen LogP contribution in [-0.2, 0) is 24.1 Å². The van der Waals surface area contributed by atoms with E-state index in [2.05, 4.69) is 15.5 Å². The van der Waals surface area contributed by atoms with Crippen molar-refractivity contribution in [2.75, 3.05) is 25.1 Å². The van der Waals surface area contributed by atoms with Gasteiger partial charge < -0.3 is 25.3 Å². The number of aromatic nitrogens is 4. The molecule has 2 aliphatic rings. The van der Waals surface area contributed by atoms with Gasteiger partial charge in [0.25, 0.3) is 5.91 Å². The molecule has 34 heavy (non-hydrogen) atoms. The van der Waals surface area contributed by atoms with Gasteiger partial charge in [-0.3, -0.25) is 4.79 Å². The van der Waals surface area contributed by atoms with Gasteiger partial charge in [0.05, 0.1) is 17.2 Å². The Morgan fingerprint density at radius 2 is 2.18 bits per heavy atom. The summed E-state index contributed by atoms with van der Waals surface area (Å²) in [5.74, 6) is -0.0969. The molecular weight excluding hydrogens is 461 g/mol. The Kier molecular flexibility index (Phi) is 6.13. The number of methoxy groups -OCH3 is 1. The highest BCUT2D eigenvalue weighted by Gasteiger charge is 2.32. The van der Waals surface area contributed by atoms with Gasteiger partial charge in [0.1, 0.15) is 11.6 Å². The van der Waals surface area contributed by atoms with Crippen LogP contribution < -0.4 is 16.0 Å². The number of nitrogens with two attached hydrogens (primary N) is 1. The molecule has 180 valence electrons. The molecule has 3 aromatic rings. The smallest absolute Gasteiger partial charge is 0.272 e. The number of aryl methyl sites for hydroxylation is 2. The molecule has 1 aliphatic heterocycles. The van der Waals surface area contributed by atoms with Gasteiger partial charge in [-0.2, -0.15) is 0 Å². The fourth-order valence-electron chi connectivity index (χ4n) is 4.83. The van der Waals surface area contributed by atoms with Crippen LogP contribution in [0.4, 0.5) is 10.2 Å². The van der Waals surface area contributed by atoms with Crippen LogP contribution in [0.15, 0.2) is 18.3 Å². The number of carbonyl (C=O) groups excluding carboxylic acids is 1. The predicted molar refractivity (Wildman–Crippen MR) is 127 cm³/mol. The number of nitrogens with zero attached hydrogens (tertiary/aromatic N) is 5. The van der Waals surface area contributed by atoms with Crippen LogP contribution in [0.5, 0.6) is 0 Å². The molecule has 4 heterocycles. The summed E-state index contributed by atoms with van der Waals surface area (Å²) in [6, 6.07) is 2.73. The summed E-state index contributed by atoms with van der Waals surface area (Å²) in [5.41, 5.74) is 8.19. The normalized spacial score (nSPS) is 22.3. The van der Waals surface area contributed by atoms with E-state index < -0.39 is 0 Å². The molecule has 9 nitrogen and oxygen atoms in total. The standard InChI is InChI=1S/C23H27ClFN7O2/c1-3-31-9-15(24)13-7-19(29-30-22(13)31)23(33)27-12-4-5-18-14(6-12)16(25)8-21(28-18)32-10-17(26)20(11-32)34-2/h7-9,12,17,20H,3-6,10-11,26H2,1-2H3,(H,27,33). The molecule has 3 unspecified atom stereocenters. The Morgan fingerprint density at radius 3 is 2.91 bits per heavy atom. The second kappa shape index (κ2) is 9.09. The fourth-order valence-corrected chi connectivity index (χ4v) is 5.09. The van der Waals surface area contributed by atoms with Crippen LogP contribution in [0.25, 0.3) is 11.0 Å². The van der Waals surface area contributed by atoms with Crippen molar-refractivity contribution in [1.29, 1.82) is 0 Å². The van der Waals surface area contributed by atoms with Crippen molar-refractivity contribution in [2.45, 2.75) is 50.9 Å². The van der Waals surface area contributed by atoms with Gasteiger partial charge in [-0.15, -0.1) is 10.2 Å². The lowest BCUT2D eigenvalue weighted by Gasteiger charge is -2.27. The van der Waals surface area contributed by atoms with Crippen molar-refractivity contribution in [3.63, 3.8) is 0 Å². The Morgan fingerprint density at radius 1 is 1.35 bits per heavy atom. The summed E-state index contributed by atoms with van der Waals surface area (Å²) in [6.45, 7) is 3.83. The molecule has 3 atom stereocenters. The highest BCUT2D eigenvalue weighted by molar-refractivity contribution is 6.35. The zero-order chi connectivity index (χ0) is 24.0. The Labute approximate surface area is 201 Å². The molecular formula is C23H27ClFN7O2. The van der Waals surface area contributed by atoms with Crippen LogP contribution in [0.3, 0.4) is 0 Å². The van der Waals surface area contributed by atoms with E-state index in [1.165, 1.54) is 6.07 Å². The van der Waals surface area contributed by atoms with Crippen molar-refractivity contribution >= 4 is 34.4 Å². The predicted octanol–water partition coefficient (Wildman–Crippen LogP) is 2.09. The van der Waals surface area contributed by atoms with Crippen LogP contribution in [0, 0.1) is 5.82 Å². The highest BCUT2D eigenvalue weighted by atomic mass is 35.5. The molecule has 0 radical (unpaired) electrons. The number of amides is 1. The van der Waals surface area contributed by atoms with Gasteiger partial charge in [0.2, 0.25) is 0 Å². The second-order valence-corrected chi connectivity index (χ2v) is 9.28. The van der Waals surface area contributed by atoms with E-state index in [4.69, 9.17) is 27.1 Å². The number of rotatable bonds is 5. The number of nitrogens with one attached hydrogen (secondary N) is 1. The second-order valence-electron chi connectivity index (χ2n) is 8.87. The monoisotopic (exact) mass is 487 g/mol. The zero-order valence-electron chi connectivity index (χ0n) is 19.1. The van der Waals surface area contributed by atoms with Crippen LogP contribution in [0.2, 0.25) is 5.02 Å². The maximum atomic E-state index is 15.1. The first-order valence-corrected chi connectivity index (χ1v) is 11.8. The Hall–Kier alpha value is -2.82. The Balaban J connectivity index is 1.30. The van der Waals surface area contributed by atoms with E-state index in [1.807, 2.05) is 16.4 Å². The number of ether oxygens (including phenoxy) is 1. The van der Waals surface area contributed by atoms with E-state index >= 15 is 4.39 Å². The van der Waals surface area contributed by atoms with Crippen molar-refractivity contribution in [3.05, 3.63) is 46.1 Å². The molecule has 1 saturated heterocycles. The SMILES string of the molecule is CCn1cc(Cl)c2cc(C(=O)NC3CCc4nc(N5CC(N)C(OC)C5)cc(F)c4C3)nnc21. The van der Waals surface area contributed by atoms with Crippen LogP contribution >= 0.6 is 11.6 Å². The first-order valence-electron chi connectivity index (χ1n) is 11.4. The summed E-state index contributed by atoms with van der Waals surface area (Å²) in [5, 5.41) is 12.4. The molecule has 0 aromatic carbocycles. The van der Waals surface area contributed by atoms with Gasteiger partial charge in [-0.05, 0) is 32.3 Å². The Bertz CT molecular complexity index is 1250. The minimum absolute atomic E-state index is 0.0989. The molecule has 3 aromatic heterocycles. The van der Waals surface area contributed by atoms with E-state index in [0.717, 1.165) is 5.69 Å². The molecule has 5 rings (SSSR count). The number of carbonyl (C=O) groups is 1. The molecule has 1 aliphatic carbocycles. The third kappa shape index (κ3) is 4.10. The fraction of sp³-hybridized carbons (Fsp3) is 0.478. The first-order chi connectivity index (χ1) is 16.4. The maximum absolute atomic E-state index is 15.1. The van der Waals surface area contributed by atoms with Crippen LogP contribution in [0.1, 0.15) is 35.1 Å². The summed E-state index contributed by atoms with van der Waals surface area (Å²) < 4.78 is 22.3. The third-order valence-electron chi connectivity index (χ3n) is 6.74. The average molecular weight is 488 g/mol. The van der Waals surface area contributed by atoms with Crippen LogP contribution in [-0.4, -0.2) is 64.0 Å². The van der Waals surface area contributed by atoms with Crippen molar-refractivity contribution in [3.8, 4) is 0 Å². The quantitative estimate of drug-likeness (QED) is 0.566. The maximum Gasteiger partial charge on any atom is 0.272 e. The lowest BCUT2D eigenvalue weighted by molar-refractivity contribution is 0.0927. The minimum atomic E-state index is -0.357. The number of hydrogen-bond donors (Lipinski definition) is 2. The number of fused-ring (bicyclic) bond motifs is 2. The van der Waals surface area contributed by atoms with Gasteiger partial charge in [-0.1, -0.05) is 11.6 Å². The summed E-state index contributed by atoms with van der Waals surface area (Å²) in [7, 11) is 1.63. The molecule has 11 heteroatoms. The van der Waals surface area contributed by atoms with E-state index in [9.17, 15) is 4.79 Å². The molecule has 0 bridgehead atoms. The number of hydrogen-bond acceptors (Lipinski definition) is 7. The largest absolute Gasteiger partial charge is 0.378 e. The molecule has 3 N–H and O–H groups in total. The van der Waals surface area contributed by atoms with Crippen molar-refractivity contribution in [2.24, 2.45) is 5.73 Å². The molecule has 1 amide bonds. The van der Waals surface area contributed by atoms with Gasteiger partial charge in [0.15, 0.2) is 11.3 Å². The molecule has 0 spiro atoms. The summed E-state index contributed by atoms with van der Waals surface area (Å²) in [4.78, 5) is 19.5. The van der Waals surface area contributed by atoms with Gasteiger partial charge in [-0.25, -0.2) is 9.37 Å². The topological polar surface area (TPSA) is 111 Å². The molecule has 0 saturated carbocycles. The summed E-state index contributed by atoms with van der Waals surface area (Å²) >= 11 is 6.30. The van der Waals surface area contributed by atoms with E-state index in [1.54, 1.807) is 19.4 Å². The number of anilines is 1. The number of pyridine rings is 1. The minimum Gasteiger partial charge on any atom is -0.378 e. The average Bonchev–Trinajstić information content (AvgIpc) is 3.38. The number of halogens is 2. The van der Waals surface area contributed by atoms with E-state index in [0.29, 0.717) is 66.3 Å². The lowest BCUT2D eigenvalue weighted by atomic mass is 9.91. The van der Waals surface area contributed by atoms with E-state index in [-0.39, 0.29) is 35.6 Å². The first kappa shape index (κ1) is 22.9. The summed E-state index contributed by atoms with van der Waals surface area (Å²) in [6.07, 6.45) is 3.25. The van der Waals surface area contributed by atoms with Crippen molar-refractivity contribution < 1.29 is 13.9 Å². The lowest BCUT2D eigenvalue weighted by Crippen LogP contribution is -2.40. The van der Waals surface area contributed by atoms with Gasteiger partial charge >= 0.3 is 0 Å². The molecule has 1 fully saturated rings.